The van der Waals surface area contributed by atoms with Gasteiger partial charge in [0.1, 0.15) is 10.0 Å². The lowest BCUT2D eigenvalue weighted by Crippen LogP contribution is -2.08. The highest BCUT2D eigenvalue weighted by Crippen LogP contribution is 2.45. The molecule has 4 rings (SSSR count). The van der Waals surface area contributed by atoms with Gasteiger partial charge in [-0.25, -0.2) is 4.98 Å². The van der Waals surface area contributed by atoms with Crippen LogP contribution in [-0.2, 0) is 22.6 Å². The van der Waals surface area contributed by atoms with Gasteiger partial charge in [0.25, 0.3) is 0 Å². The number of thiazole rings is 1. The molecule has 0 unspecified atom stereocenters. The van der Waals surface area contributed by atoms with Gasteiger partial charge in [0.2, 0.25) is 5.91 Å². The number of rotatable bonds is 2. The Bertz CT molecular complexity index is 833. The number of nitrogens with zero attached hydrogens (tertiary/aromatic N) is 1. The van der Waals surface area contributed by atoms with Crippen LogP contribution >= 0.6 is 22.7 Å². The van der Waals surface area contributed by atoms with Gasteiger partial charge in [-0.15, -0.1) is 22.7 Å². The van der Waals surface area contributed by atoms with E-state index in [2.05, 4.69) is 11.4 Å². The molecule has 0 saturated heterocycles. The number of nitrogens with one attached hydrogen (secondary N) is 1. The molecule has 1 N–H and O–H groups in total. The van der Waals surface area contributed by atoms with Crippen molar-refractivity contribution in [2.45, 2.75) is 20.0 Å². The average molecular weight is 330 g/mol. The summed E-state index contributed by atoms with van der Waals surface area (Å²) in [4.78, 5) is 17.5. The molecule has 1 aliphatic rings. The molecule has 0 radical (unpaired) electrons. The molecule has 0 atom stereocenters. The van der Waals surface area contributed by atoms with E-state index in [4.69, 9.17) is 9.72 Å². The zero-order valence-corrected chi connectivity index (χ0v) is 13.6. The molecule has 112 valence electrons. The zero-order chi connectivity index (χ0) is 15.1. The Kier molecular flexibility index (Phi) is 3.44. The Morgan fingerprint density at radius 3 is 3.00 bits per heavy atom. The minimum atomic E-state index is -0.0538. The molecule has 3 heterocycles. The van der Waals surface area contributed by atoms with Crippen LogP contribution < -0.4 is 5.32 Å². The van der Waals surface area contributed by atoms with E-state index in [1.54, 1.807) is 22.7 Å². The Morgan fingerprint density at radius 2 is 2.18 bits per heavy atom. The van der Waals surface area contributed by atoms with Crippen molar-refractivity contribution in [3.63, 3.8) is 0 Å². The third kappa shape index (κ3) is 2.33. The maximum Gasteiger partial charge on any atom is 0.221 e. The van der Waals surface area contributed by atoms with E-state index in [0.29, 0.717) is 6.61 Å². The lowest BCUT2D eigenvalue weighted by molar-refractivity contribution is -0.114. The number of thiophene rings is 1. The van der Waals surface area contributed by atoms with Gasteiger partial charge in [-0.1, -0.05) is 12.1 Å². The fraction of sp³-hybridized carbons (Fsp3) is 0.250. The minimum Gasteiger partial charge on any atom is -0.376 e. The van der Waals surface area contributed by atoms with Crippen LogP contribution in [0.4, 0.5) is 5.00 Å². The van der Waals surface area contributed by atoms with Crippen LogP contribution in [0.25, 0.3) is 20.8 Å². The van der Waals surface area contributed by atoms with E-state index in [1.807, 2.05) is 18.2 Å². The number of ether oxygens (including phenoxy) is 1. The third-order valence-corrected chi connectivity index (χ3v) is 5.79. The normalized spacial score (nSPS) is 14.0. The van der Waals surface area contributed by atoms with Gasteiger partial charge in [-0.2, -0.15) is 0 Å². The summed E-state index contributed by atoms with van der Waals surface area (Å²) in [7, 11) is 0. The first-order valence-electron chi connectivity index (χ1n) is 7.08. The monoisotopic (exact) mass is 330 g/mol. The quantitative estimate of drug-likeness (QED) is 0.771. The summed E-state index contributed by atoms with van der Waals surface area (Å²) >= 11 is 3.28. The van der Waals surface area contributed by atoms with E-state index in [1.165, 1.54) is 22.1 Å². The highest BCUT2D eigenvalue weighted by molar-refractivity contribution is 7.22. The lowest BCUT2D eigenvalue weighted by Gasteiger charge is -2.12. The Labute approximate surface area is 135 Å². The Balaban J connectivity index is 1.91. The molecule has 0 aliphatic carbocycles. The van der Waals surface area contributed by atoms with Crippen molar-refractivity contribution in [3.8, 4) is 10.6 Å². The number of benzene rings is 1. The Morgan fingerprint density at radius 1 is 1.32 bits per heavy atom. The first-order valence-corrected chi connectivity index (χ1v) is 8.71. The second-order valence-corrected chi connectivity index (χ2v) is 7.31. The van der Waals surface area contributed by atoms with Gasteiger partial charge in [0.05, 0.1) is 23.4 Å². The number of carbonyl (C=O) groups is 1. The predicted molar refractivity (Wildman–Crippen MR) is 90.6 cm³/mol. The SMILES string of the molecule is CC(=O)Nc1sc2c(c1-c1nc3ccccc3s1)CCOC2. The maximum atomic E-state index is 11.5. The second kappa shape index (κ2) is 5.46. The number of aromatic nitrogens is 1. The number of hydrogen-bond donors (Lipinski definition) is 1. The van der Waals surface area contributed by atoms with Gasteiger partial charge < -0.3 is 10.1 Å². The maximum absolute atomic E-state index is 11.5. The summed E-state index contributed by atoms with van der Waals surface area (Å²) in [5.41, 5.74) is 3.36. The Hall–Kier alpha value is -1.76. The largest absolute Gasteiger partial charge is 0.376 e. The van der Waals surface area contributed by atoms with Crippen LogP contribution in [0.5, 0.6) is 0 Å². The minimum absolute atomic E-state index is 0.0538. The number of carbonyl (C=O) groups excluding carboxylic acids is 1. The van der Waals surface area contributed by atoms with E-state index in [-0.39, 0.29) is 5.91 Å². The van der Waals surface area contributed by atoms with Crippen molar-refractivity contribution in [1.29, 1.82) is 0 Å². The number of anilines is 1. The van der Waals surface area contributed by atoms with Crippen LogP contribution in [0.1, 0.15) is 17.4 Å². The number of para-hydroxylation sites is 1. The van der Waals surface area contributed by atoms with E-state index >= 15 is 0 Å². The first kappa shape index (κ1) is 13.9. The molecule has 1 aliphatic heterocycles. The fourth-order valence-electron chi connectivity index (χ4n) is 2.69. The molecule has 22 heavy (non-hydrogen) atoms. The van der Waals surface area contributed by atoms with Crippen molar-refractivity contribution in [2.24, 2.45) is 0 Å². The molecule has 6 heteroatoms. The van der Waals surface area contributed by atoms with E-state index < -0.39 is 0 Å². The highest BCUT2D eigenvalue weighted by atomic mass is 32.1. The zero-order valence-electron chi connectivity index (χ0n) is 12.0. The van der Waals surface area contributed by atoms with Crippen molar-refractivity contribution in [1.82, 2.24) is 4.98 Å². The number of fused-ring (bicyclic) bond motifs is 2. The lowest BCUT2D eigenvalue weighted by atomic mass is 10.1. The van der Waals surface area contributed by atoms with Crippen molar-refractivity contribution in [2.75, 3.05) is 11.9 Å². The molecule has 2 aromatic heterocycles. The topological polar surface area (TPSA) is 51.2 Å². The second-order valence-electron chi connectivity index (χ2n) is 5.18. The van der Waals surface area contributed by atoms with Crippen molar-refractivity contribution < 1.29 is 9.53 Å². The molecule has 1 aromatic carbocycles. The van der Waals surface area contributed by atoms with Gasteiger partial charge in [-0.3, -0.25) is 4.79 Å². The molecule has 0 saturated carbocycles. The average Bonchev–Trinajstić information content (AvgIpc) is 3.06. The van der Waals surface area contributed by atoms with Crippen LogP contribution in [0.3, 0.4) is 0 Å². The summed E-state index contributed by atoms with van der Waals surface area (Å²) in [5, 5.41) is 4.83. The molecular formula is C16H14N2O2S2. The summed E-state index contributed by atoms with van der Waals surface area (Å²) in [5.74, 6) is -0.0538. The molecule has 0 spiro atoms. The molecule has 0 bridgehead atoms. The highest BCUT2D eigenvalue weighted by Gasteiger charge is 2.24. The van der Waals surface area contributed by atoms with Gasteiger partial charge in [-0.05, 0) is 24.1 Å². The van der Waals surface area contributed by atoms with Crippen LogP contribution in [-0.4, -0.2) is 17.5 Å². The molecule has 3 aromatic rings. The van der Waals surface area contributed by atoms with Gasteiger partial charge >= 0.3 is 0 Å². The molecule has 1 amide bonds. The molecule has 0 fully saturated rings. The summed E-state index contributed by atoms with van der Waals surface area (Å²) in [6.45, 7) is 2.88. The summed E-state index contributed by atoms with van der Waals surface area (Å²) < 4.78 is 6.71. The number of hydrogen-bond acceptors (Lipinski definition) is 5. The smallest absolute Gasteiger partial charge is 0.221 e. The van der Waals surface area contributed by atoms with Crippen LogP contribution in [0, 0.1) is 0 Å². The first-order chi connectivity index (χ1) is 10.7. The van der Waals surface area contributed by atoms with Crippen LogP contribution in [0.15, 0.2) is 24.3 Å². The molecule has 4 nitrogen and oxygen atoms in total. The van der Waals surface area contributed by atoms with Crippen molar-refractivity contribution in [3.05, 3.63) is 34.7 Å². The third-order valence-electron chi connectivity index (χ3n) is 3.62. The number of amides is 1. The summed E-state index contributed by atoms with van der Waals surface area (Å²) in [6.07, 6.45) is 0.872. The summed E-state index contributed by atoms with van der Waals surface area (Å²) in [6, 6.07) is 8.12. The predicted octanol–water partition coefficient (Wildman–Crippen LogP) is 4.06. The van der Waals surface area contributed by atoms with Crippen molar-refractivity contribution >= 4 is 43.8 Å². The fourth-order valence-corrected chi connectivity index (χ4v) is 5.03. The van der Waals surface area contributed by atoms with E-state index in [9.17, 15) is 4.79 Å². The van der Waals surface area contributed by atoms with E-state index in [0.717, 1.165) is 34.1 Å². The standard InChI is InChI=1S/C16H14N2O2S2/c1-9(19)17-15-14(10-6-7-20-8-13(10)22-15)16-18-11-4-2-3-5-12(11)21-16/h2-5H,6-8H2,1H3,(H,17,19). The van der Waals surface area contributed by atoms with Gasteiger partial charge in [0.15, 0.2) is 0 Å². The van der Waals surface area contributed by atoms with Gasteiger partial charge in [0, 0.05) is 17.4 Å². The molecular weight excluding hydrogens is 316 g/mol. The van der Waals surface area contributed by atoms with Crippen LogP contribution in [0.2, 0.25) is 0 Å².